The number of hydrogen-bond donors (Lipinski definition) is 0. The first-order chi connectivity index (χ1) is 5.16. The summed E-state index contributed by atoms with van der Waals surface area (Å²) in [5, 5.41) is 18.6. The van der Waals surface area contributed by atoms with E-state index in [1.807, 2.05) is 6.07 Å². The molecule has 0 aliphatic heterocycles. The van der Waals surface area contributed by atoms with E-state index in [0.717, 1.165) is 0 Å². The number of nitriles is 1. The zero-order chi connectivity index (χ0) is 8.43. The van der Waals surface area contributed by atoms with Crippen LogP contribution in [0.2, 0.25) is 0 Å². The van der Waals surface area contributed by atoms with E-state index in [0.29, 0.717) is 0 Å². The Kier molecular flexibility index (Phi) is 1.60. The molecule has 1 heterocycles. The molecule has 56 valence electrons. The van der Waals surface area contributed by atoms with Crippen LogP contribution in [0.3, 0.4) is 0 Å². The van der Waals surface area contributed by atoms with Crippen molar-refractivity contribution < 1.29 is 4.92 Å². The lowest BCUT2D eigenvalue weighted by atomic mass is 10.5. The summed E-state index contributed by atoms with van der Waals surface area (Å²) in [6.45, 7) is 0. The van der Waals surface area contributed by atoms with E-state index in [9.17, 15) is 10.1 Å². The van der Waals surface area contributed by atoms with E-state index in [1.165, 1.54) is 23.7 Å². The number of nitrogens with zero attached hydrogens (tertiary/aromatic N) is 3. The minimum Gasteiger partial charge on any atom is -0.358 e. The van der Waals surface area contributed by atoms with Crippen LogP contribution >= 0.6 is 0 Å². The first-order valence-electron chi connectivity index (χ1n) is 2.87. The molecule has 5 heteroatoms. The van der Waals surface area contributed by atoms with Crippen molar-refractivity contribution in [2.24, 2.45) is 7.05 Å². The van der Waals surface area contributed by atoms with E-state index in [4.69, 9.17) is 5.26 Å². The maximum atomic E-state index is 10.2. The van der Waals surface area contributed by atoms with Gasteiger partial charge in [-0.05, 0) is 4.92 Å². The molecule has 0 spiro atoms. The zero-order valence-electron chi connectivity index (χ0n) is 5.81. The zero-order valence-corrected chi connectivity index (χ0v) is 5.81. The van der Waals surface area contributed by atoms with Crippen molar-refractivity contribution >= 4 is 5.82 Å². The lowest BCUT2D eigenvalue weighted by molar-refractivity contribution is -0.391. The first kappa shape index (κ1) is 7.28. The minimum atomic E-state index is -0.527. The van der Waals surface area contributed by atoms with Crippen LogP contribution in [0.5, 0.6) is 0 Å². The standard InChI is InChI=1S/C6H5N3O2/c1-8-5(4-7)2-3-6(8)9(10)11/h2-3H,1H3. The summed E-state index contributed by atoms with van der Waals surface area (Å²) < 4.78 is 1.24. The predicted molar refractivity (Wildman–Crippen MR) is 36.8 cm³/mol. The van der Waals surface area contributed by atoms with Gasteiger partial charge in [0, 0.05) is 12.1 Å². The number of rotatable bonds is 1. The first-order valence-corrected chi connectivity index (χ1v) is 2.87. The highest BCUT2D eigenvalue weighted by Crippen LogP contribution is 2.13. The van der Waals surface area contributed by atoms with Gasteiger partial charge in [-0.2, -0.15) is 5.26 Å². The molecular formula is C6H5N3O2. The molecule has 0 saturated heterocycles. The maximum absolute atomic E-state index is 10.2. The summed E-state index contributed by atoms with van der Waals surface area (Å²) >= 11 is 0. The molecule has 11 heavy (non-hydrogen) atoms. The monoisotopic (exact) mass is 151 g/mol. The molecule has 0 atom stereocenters. The lowest BCUT2D eigenvalue weighted by Gasteiger charge is -1.93. The molecule has 0 fully saturated rings. The molecule has 5 nitrogen and oxygen atoms in total. The lowest BCUT2D eigenvalue weighted by Crippen LogP contribution is -1.98. The summed E-state index contributed by atoms with van der Waals surface area (Å²) in [6.07, 6.45) is 0. The Morgan fingerprint density at radius 2 is 2.36 bits per heavy atom. The second kappa shape index (κ2) is 2.42. The molecule has 0 bridgehead atoms. The van der Waals surface area contributed by atoms with Crippen LogP contribution in [0, 0.1) is 21.4 Å². The SMILES string of the molecule is Cn1c(C#N)ccc1[N+](=O)[O-]. The van der Waals surface area contributed by atoms with Gasteiger partial charge in [0.05, 0.1) is 7.05 Å². The summed E-state index contributed by atoms with van der Waals surface area (Å²) in [5.41, 5.74) is 0.289. The summed E-state index contributed by atoms with van der Waals surface area (Å²) in [4.78, 5) is 9.70. The van der Waals surface area contributed by atoms with E-state index in [1.54, 1.807) is 0 Å². The van der Waals surface area contributed by atoms with Crippen LogP contribution in [-0.2, 0) is 7.05 Å². The van der Waals surface area contributed by atoms with Crippen LogP contribution in [0.1, 0.15) is 5.69 Å². The van der Waals surface area contributed by atoms with Gasteiger partial charge in [-0.15, -0.1) is 0 Å². The second-order valence-electron chi connectivity index (χ2n) is 2.00. The molecule has 0 saturated carbocycles. The van der Waals surface area contributed by atoms with Gasteiger partial charge >= 0.3 is 5.82 Å². The Bertz CT molecular complexity index is 334. The highest BCUT2D eigenvalue weighted by atomic mass is 16.6. The Labute approximate surface area is 62.6 Å². The fourth-order valence-electron chi connectivity index (χ4n) is 0.796. The van der Waals surface area contributed by atoms with Gasteiger partial charge in [-0.3, -0.25) is 0 Å². The molecule has 1 rings (SSSR count). The van der Waals surface area contributed by atoms with E-state index < -0.39 is 4.92 Å². The molecule has 0 amide bonds. The average molecular weight is 151 g/mol. The Morgan fingerprint density at radius 1 is 1.73 bits per heavy atom. The van der Waals surface area contributed by atoms with Gasteiger partial charge in [-0.1, -0.05) is 0 Å². The number of nitro groups is 1. The van der Waals surface area contributed by atoms with Crippen LogP contribution in [0.15, 0.2) is 12.1 Å². The molecule has 0 radical (unpaired) electrons. The van der Waals surface area contributed by atoms with Crippen LogP contribution < -0.4 is 0 Å². The van der Waals surface area contributed by atoms with E-state index >= 15 is 0 Å². The van der Waals surface area contributed by atoms with Gasteiger partial charge in [0.25, 0.3) is 0 Å². The third-order valence-corrected chi connectivity index (χ3v) is 1.40. The largest absolute Gasteiger partial charge is 0.358 e. The molecule has 1 aromatic heterocycles. The van der Waals surface area contributed by atoms with Crippen molar-refractivity contribution in [2.75, 3.05) is 0 Å². The van der Waals surface area contributed by atoms with Crippen LogP contribution in [0.25, 0.3) is 0 Å². The summed E-state index contributed by atoms with van der Waals surface area (Å²) in [7, 11) is 1.48. The molecule has 0 aromatic carbocycles. The highest BCUT2D eigenvalue weighted by molar-refractivity contribution is 5.33. The number of hydrogen-bond acceptors (Lipinski definition) is 3. The van der Waals surface area contributed by atoms with Crippen molar-refractivity contribution in [3.05, 3.63) is 27.9 Å². The van der Waals surface area contributed by atoms with Gasteiger partial charge in [0.2, 0.25) is 5.69 Å². The molecule has 1 aromatic rings. The van der Waals surface area contributed by atoms with Crippen molar-refractivity contribution in [1.82, 2.24) is 4.57 Å². The molecule has 0 aliphatic carbocycles. The Morgan fingerprint density at radius 3 is 2.64 bits per heavy atom. The Balaban J connectivity index is 3.24. The summed E-state index contributed by atoms with van der Waals surface area (Å²) in [6, 6.07) is 4.55. The fraction of sp³-hybridized carbons (Fsp3) is 0.167. The predicted octanol–water partition coefficient (Wildman–Crippen LogP) is 0.805. The van der Waals surface area contributed by atoms with Crippen molar-refractivity contribution in [3.8, 4) is 6.07 Å². The molecule has 0 N–H and O–H groups in total. The fourth-order valence-corrected chi connectivity index (χ4v) is 0.796. The van der Waals surface area contributed by atoms with Gasteiger partial charge in [0.1, 0.15) is 6.07 Å². The van der Waals surface area contributed by atoms with Crippen molar-refractivity contribution in [3.63, 3.8) is 0 Å². The second-order valence-corrected chi connectivity index (χ2v) is 2.00. The van der Waals surface area contributed by atoms with Gasteiger partial charge in [-0.25, -0.2) is 4.57 Å². The Hall–Kier alpha value is -1.83. The topological polar surface area (TPSA) is 71.9 Å². The minimum absolute atomic E-state index is 0.0680. The molecular weight excluding hydrogens is 146 g/mol. The maximum Gasteiger partial charge on any atom is 0.323 e. The van der Waals surface area contributed by atoms with Gasteiger partial charge in [0.15, 0.2) is 0 Å². The highest BCUT2D eigenvalue weighted by Gasteiger charge is 2.12. The summed E-state index contributed by atoms with van der Waals surface area (Å²) in [5.74, 6) is -0.0680. The average Bonchev–Trinajstić information content (AvgIpc) is 2.30. The van der Waals surface area contributed by atoms with Crippen molar-refractivity contribution in [2.45, 2.75) is 0 Å². The third-order valence-electron chi connectivity index (χ3n) is 1.40. The van der Waals surface area contributed by atoms with Crippen molar-refractivity contribution in [1.29, 1.82) is 5.26 Å². The third kappa shape index (κ3) is 1.05. The van der Waals surface area contributed by atoms with Crippen LogP contribution in [0.4, 0.5) is 5.82 Å². The smallest absolute Gasteiger partial charge is 0.323 e. The molecule has 0 aliphatic rings. The normalized spacial score (nSPS) is 9.09. The van der Waals surface area contributed by atoms with E-state index in [-0.39, 0.29) is 11.5 Å². The van der Waals surface area contributed by atoms with E-state index in [2.05, 4.69) is 0 Å². The number of aromatic nitrogens is 1. The van der Waals surface area contributed by atoms with Crippen LogP contribution in [-0.4, -0.2) is 9.49 Å². The quantitative estimate of drug-likeness (QED) is 0.440. The molecule has 0 unspecified atom stereocenters. The van der Waals surface area contributed by atoms with Gasteiger partial charge < -0.3 is 10.1 Å².